The lowest BCUT2D eigenvalue weighted by Gasteiger charge is -2.39. The van der Waals surface area contributed by atoms with Crippen LogP contribution in [0.5, 0.6) is 0 Å². The molecule has 4 nitrogen and oxygen atoms in total. The summed E-state index contributed by atoms with van der Waals surface area (Å²) in [5.41, 5.74) is 0.530. The number of hydrogen-bond acceptors (Lipinski definition) is 3. The van der Waals surface area contributed by atoms with E-state index in [1.165, 1.54) is 38.1 Å². The molecule has 3 aliphatic heterocycles. The van der Waals surface area contributed by atoms with Gasteiger partial charge in [-0.1, -0.05) is 0 Å². The van der Waals surface area contributed by atoms with Crippen LogP contribution in [-0.2, 0) is 4.74 Å². The molecule has 1 aromatic rings. The molecule has 5 heteroatoms. The monoisotopic (exact) mass is 332 g/mol. The lowest BCUT2D eigenvalue weighted by atomic mass is 9.87. The number of carbonyl (C=O) groups excluding carboxylic acids is 1. The highest BCUT2D eigenvalue weighted by Crippen LogP contribution is 2.38. The van der Waals surface area contributed by atoms with E-state index in [0.717, 1.165) is 39.0 Å². The van der Waals surface area contributed by atoms with Crippen molar-refractivity contribution in [3.63, 3.8) is 0 Å². The lowest BCUT2D eigenvalue weighted by molar-refractivity contribution is -0.0393. The third-order valence-corrected chi connectivity index (χ3v) is 5.90. The topological polar surface area (TPSA) is 32.8 Å². The van der Waals surface area contributed by atoms with Gasteiger partial charge in [-0.05, 0) is 69.5 Å². The van der Waals surface area contributed by atoms with E-state index in [-0.39, 0.29) is 17.3 Å². The maximum Gasteiger partial charge on any atom is 0.253 e. The van der Waals surface area contributed by atoms with Crippen LogP contribution in [0.3, 0.4) is 0 Å². The zero-order chi connectivity index (χ0) is 16.6. The number of likely N-dealkylation sites (tertiary alicyclic amines) is 2. The molecule has 24 heavy (non-hydrogen) atoms. The second-order valence-corrected chi connectivity index (χ2v) is 7.39. The van der Waals surface area contributed by atoms with Gasteiger partial charge < -0.3 is 9.64 Å². The van der Waals surface area contributed by atoms with Crippen LogP contribution >= 0.6 is 0 Å². The van der Waals surface area contributed by atoms with Crippen molar-refractivity contribution in [2.24, 2.45) is 0 Å². The van der Waals surface area contributed by atoms with Gasteiger partial charge in [0.2, 0.25) is 0 Å². The maximum absolute atomic E-state index is 13.0. The first-order chi connectivity index (χ1) is 11.7. The number of rotatable bonds is 2. The predicted molar refractivity (Wildman–Crippen MR) is 89.4 cm³/mol. The molecule has 0 aliphatic carbocycles. The number of nitrogens with zero attached hydrogens (tertiary/aromatic N) is 2. The largest absolute Gasteiger partial charge is 0.373 e. The lowest BCUT2D eigenvalue weighted by Crippen LogP contribution is -2.47. The highest BCUT2D eigenvalue weighted by atomic mass is 19.1. The summed E-state index contributed by atoms with van der Waals surface area (Å²) in [6.07, 6.45) is 5.53. The van der Waals surface area contributed by atoms with Crippen molar-refractivity contribution in [1.29, 1.82) is 0 Å². The summed E-state index contributed by atoms with van der Waals surface area (Å²) in [6, 6.07) is 6.39. The number of benzene rings is 1. The number of ether oxygens (including phenoxy) is 1. The fourth-order valence-corrected chi connectivity index (χ4v) is 4.40. The van der Waals surface area contributed by atoms with E-state index < -0.39 is 0 Å². The summed E-state index contributed by atoms with van der Waals surface area (Å²) in [7, 11) is 0. The van der Waals surface area contributed by atoms with E-state index >= 15 is 0 Å². The number of carbonyl (C=O) groups is 1. The molecular formula is C19H25FN2O2. The Bertz CT molecular complexity index is 590. The first-order valence-corrected chi connectivity index (χ1v) is 9.08. The van der Waals surface area contributed by atoms with Crippen molar-refractivity contribution < 1.29 is 13.9 Å². The van der Waals surface area contributed by atoms with E-state index in [1.54, 1.807) is 12.1 Å². The second-order valence-electron chi connectivity index (χ2n) is 7.39. The minimum Gasteiger partial charge on any atom is -0.373 e. The maximum atomic E-state index is 13.0. The Hall–Kier alpha value is -1.46. The van der Waals surface area contributed by atoms with Gasteiger partial charge in [-0.25, -0.2) is 4.39 Å². The summed E-state index contributed by atoms with van der Waals surface area (Å²) < 4.78 is 19.2. The van der Waals surface area contributed by atoms with Crippen LogP contribution in [0.25, 0.3) is 0 Å². The zero-order valence-electron chi connectivity index (χ0n) is 14.0. The first-order valence-electron chi connectivity index (χ1n) is 9.08. The van der Waals surface area contributed by atoms with E-state index in [9.17, 15) is 9.18 Å². The zero-order valence-corrected chi connectivity index (χ0v) is 14.0. The van der Waals surface area contributed by atoms with Crippen molar-refractivity contribution in [2.45, 2.75) is 43.7 Å². The number of hydrogen-bond donors (Lipinski definition) is 0. The van der Waals surface area contributed by atoms with Crippen LogP contribution in [0.15, 0.2) is 24.3 Å². The summed E-state index contributed by atoms with van der Waals surface area (Å²) >= 11 is 0. The number of halogens is 1. The van der Waals surface area contributed by atoms with Crippen molar-refractivity contribution >= 4 is 5.91 Å². The molecule has 3 aliphatic rings. The van der Waals surface area contributed by atoms with Crippen LogP contribution in [-0.4, -0.2) is 60.1 Å². The van der Waals surface area contributed by atoms with Gasteiger partial charge in [0.15, 0.2) is 0 Å². The summed E-state index contributed by atoms with van der Waals surface area (Å²) in [5.74, 6) is -0.310. The molecule has 0 bridgehead atoms. The Balaban J connectivity index is 1.35. The molecule has 4 rings (SSSR count). The van der Waals surface area contributed by atoms with Crippen molar-refractivity contribution in [2.75, 3.05) is 32.8 Å². The summed E-state index contributed by atoms with van der Waals surface area (Å²) in [6.45, 7) is 4.70. The highest BCUT2D eigenvalue weighted by Gasteiger charge is 2.45. The van der Waals surface area contributed by atoms with Crippen molar-refractivity contribution in [1.82, 2.24) is 9.80 Å². The van der Waals surface area contributed by atoms with E-state index in [0.29, 0.717) is 11.6 Å². The second kappa shape index (κ2) is 6.45. The molecule has 1 amide bonds. The normalized spacial score (nSPS) is 27.0. The third kappa shape index (κ3) is 3.07. The minimum atomic E-state index is -0.309. The van der Waals surface area contributed by atoms with Gasteiger partial charge >= 0.3 is 0 Å². The van der Waals surface area contributed by atoms with Gasteiger partial charge in [0, 0.05) is 24.7 Å². The molecule has 1 spiro atoms. The summed E-state index contributed by atoms with van der Waals surface area (Å²) in [5, 5.41) is 0. The molecule has 0 N–H and O–H groups in total. The number of piperidine rings is 1. The van der Waals surface area contributed by atoms with Gasteiger partial charge in [0.25, 0.3) is 5.91 Å². The summed E-state index contributed by atoms with van der Waals surface area (Å²) in [4.78, 5) is 17.0. The van der Waals surface area contributed by atoms with E-state index in [2.05, 4.69) is 4.90 Å². The predicted octanol–water partition coefficient (Wildman–Crippen LogP) is 2.69. The van der Waals surface area contributed by atoms with Crippen LogP contribution in [0.4, 0.5) is 4.39 Å². The molecule has 0 unspecified atom stereocenters. The SMILES string of the molecule is O=C(c1ccc(F)cc1)N1CCC2(CC1)C[C@@H](N1CCCC1)CO2. The number of amides is 1. The van der Waals surface area contributed by atoms with E-state index in [4.69, 9.17) is 4.74 Å². The molecule has 3 saturated heterocycles. The van der Waals surface area contributed by atoms with E-state index in [1.807, 2.05) is 4.90 Å². The van der Waals surface area contributed by atoms with Crippen LogP contribution in [0.2, 0.25) is 0 Å². The molecular weight excluding hydrogens is 307 g/mol. The Morgan fingerprint density at radius 2 is 1.75 bits per heavy atom. The Kier molecular flexibility index (Phi) is 4.31. The van der Waals surface area contributed by atoms with Gasteiger partial charge in [-0.15, -0.1) is 0 Å². The van der Waals surface area contributed by atoms with Gasteiger partial charge in [-0.2, -0.15) is 0 Å². The average molecular weight is 332 g/mol. The fourth-order valence-electron chi connectivity index (χ4n) is 4.40. The highest BCUT2D eigenvalue weighted by molar-refractivity contribution is 5.94. The third-order valence-electron chi connectivity index (χ3n) is 5.90. The molecule has 0 aromatic heterocycles. The van der Waals surface area contributed by atoms with Crippen molar-refractivity contribution in [3.8, 4) is 0 Å². The van der Waals surface area contributed by atoms with Crippen LogP contribution < -0.4 is 0 Å². The van der Waals surface area contributed by atoms with Gasteiger partial charge in [0.1, 0.15) is 5.82 Å². The Morgan fingerprint density at radius 3 is 2.42 bits per heavy atom. The first kappa shape index (κ1) is 16.0. The molecule has 3 fully saturated rings. The smallest absolute Gasteiger partial charge is 0.253 e. The molecule has 0 radical (unpaired) electrons. The Morgan fingerprint density at radius 1 is 1.08 bits per heavy atom. The Labute approximate surface area is 142 Å². The molecule has 3 heterocycles. The van der Waals surface area contributed by atoms with Crippen LogP contribution in [0.1, 0.15) is 42.5 Å². The molecule has 0 saturated carbocycles. The molecule has 130 valence electrons. The van der Waals surface area contributed by atoms with Crippen molar-refractivity contribution in [3.05, 3.63) is 35.6 Å². The quantitative estimate of drug-likeness (QED) is 0.835. The van der Waals surface area contributed by atoms with Gasteiger partial charge in [-0.3, -0.25) is 9.69 Å². The fraction of sp³-hybridized carbons (Fsp3) is 0.632. The minimum absolute atomic E-state index is 0.000982. The standard InChI is InChI=1S/C19H25FN2O2/c20-16-5-3-15(4-6-16)18(23)22-11-7-19(8-12-22)13-17(14-24-19)21-9-1-2-10-21/h3-6,17H,1-2,7-14H2/t17-/m1/s1. The van der Waals surface area contributed by atoms with Gasteiger partial charge in [0.05, 0.1) is 12.2 Å². The molecule has 1 atom stereocenters. The average Bonchev–Trinajstić information content (AvgIpc) is 3.26. The molecule has 1 aromatic carbocycles. The van der Waals surface area contributed by atoms with Crippen LogP contribution in [0, 0.1) is 5.82 Å².